The Morgan fingerprint density at radius 2 is 1.95 bits per heavy atom. The molecule has 0 unspecified atom stereocenters. The van der Waals surface area contributed by atoms with Crippen molar-refractivity contribution in [3.05, 3.63) is 59.4 Å². The molecule has 1 aliphatic rings. The summed E-state index contributed by atoms with van der Waals surface area (Å²) in [5.41, 5.74) is 1.22. The van der Waals surface area contributed by atoms with Gasteiger partial charge in [0.25, 0.3) is 5.91 Å². The van der Waals surface area contributed by atoms with Gasteiger partial charge in [-0.1, -0.05) is 6.07 Å². The smallest absolute Gasteiger partial charge is 0.270 e. The van der Waals surface area contributed by atoms with E-state index in [9.17, 15) is 13.6 Å². The van der Waals surface area contributed by atoms with E-state index in [1.807, 2.05) is 16.8 Å². The Bertz CT molecular complexity index is 636. The van der Waals surface area contributed by atoms with Gasteiger partial charge in [0.2, 0.25) is 0 Å². The zero-order valence-corrected chi connectivity index (χ0v) is 10.1. The molecule has 1 amide bonds. The lowest BCUT2D eigenvalue weighted by Crippen LogP contribution is -2.39. The van der Waals surface area contributed by atoms with Crippen LogP contribution in [0, 0.1) is 11.6 Å². The molecule has 0 saturated carbocycles. The minimum atomic E-state index is -0.884. The maximum atomic E-state index is 13.1. The van der Waals surface area contributed by atoms with Crippen LogP contribution in [0.15, 0.2) is 36.5 Å². The standard InChI is InChI=1S/C14H12F2N2O/c15-11-4-3-10(8-12(11)16)9-18-7-6-17-5-1-2-13(17)14(18)19/h1-5,8H,6-7,9H2. The quantitative estimate of drug-likeness (QED) is 0.816. The molecule has 0 spiro atoms. The van der Waals surface area contributed by atoms with Crippen molar-refractivity contribution in [2.75, 3.05) is 6.54 Å². The van der Waals surface area contributed by atoms with Crippen LogP contribution in [0.1, 0.15) is 16.1 Å². The molecule has 0 fully saturated rings. The number of nitrogens with zero attached hydrogens (tertiary/aromatic N) is 2. The molecular formula is C14H12F2N2O. The summed E-state index contributed by atoms with van der Waals surface area (Å²) in [5.74, 6) is -1.84. The van der Waals surface area contributed by atoms with E-state index in [1.54, 1.807) is 11.0 Å². The molecule has 2 aromatic rings. The molecule has 0 bridgehead atoms. The number of fused-ring (bicyclic) bond motifs is 1. The third kappa shape index (κ3) is 2.12. The molecule has 3 nitrogen and oxygen atoms in total. The van der Waals surface area contributed by atoms with E-state index in [2.05, 4.69) is 0 Å². The summed E-state index contributed by atoms with van der Waals surface area (Å²) in [7, 11) is 0. The van der Waals surface area contributed by atoms with Crippen molar-refractivity contribution in [3.8, 4) is 0 Å². The summed E-state index contributed by atoms with van der Waals surface area (Å²) in [6.45, 7) is 1.58. The van der Waals surface area contributed by atoms with Crippen LogP contribution in [0.5, 0.6) is 0 Å². The maximum Gasteiger partial charge on any atom is 0.270 e. The van der Waals surface area contributed by atoms with Crippen LogP contribution < -0.4 is 0 Å². The number of rotatable bonds is 2. The molecule has 0 radical (unpaired) electrons. The van der Waals surface area contributed by atoms with Gasteiger partial charge in [-0.2, -0.15) is 0 Å². The van der Waals surface area contributed by atoms with E-state index < -0.39 is 11.6 Å². The van der Waals surface area contributed by atoms with Crippen LogP contribution in [-0.4, -0.2) is 21.9 Å². The lowest BCUT2D eigenvalue weighted by atomic mass is 10.2. The zero-order chi connectivity index (χ0) is 13.4. The van der Waals surface area contributed by atoms with Crippen molar-refractivity contribution in [3.63, 3.8) is 0 Å². The monoisotopic (exact) mass is 262 g/mol. The highest BCUT2D eigenvalue weighted by Crippen LogP contribution is 2.17. The number of hydrogen-bond acceptors (Lipinski definition) is 1. The number of hydrogen-bond donors (Lipinski definition) is 0. The Hall–Kier alpha value is -2.17. The fourth-order valence-corrected chi connectivity index (χ4v) is 2.30. The van der Waals surface area contributed by atoms with E-state index in [0.29, 0.717) is 24.3 Å². The number of carbonyl (C=O) groups is 1. The van der Waals surface area contributed by atoms with E-state index >= 15 is 0 Å². The predicted molar refractivity (Wildman–Crippen MR) is 65.5 cm³/mol. The Morgan fingerprint density at radius 3 is 2.74 bits per heavy atom. The summed E-state index contributed by atoms with van der Waals surface area (Å²) in [5, 5.41) is 0. The van der Waals surface area contributed by atoms with E-state index in [0.717, 1.165) is 18.7 Å². The molecule has 1 aromatic carbocycles. The number of benzene rings is 1. The summed E-state index contributed by atoms with van der Waals surface area (Å²) in [6, 6.07) is 7.31. The highest BCUT2D eigenvalue weighted by Gasteiger charge is 2.23. The van der Waals surface area contributed by atoms with Gasteiger partial charge in [-0.15, -0.1) is 0 Å². The van der Waals surface area contributed by atoms with Gasteiger partial charge in [-0.05, 0) is 29.8 Å². The molecule has 1 aromatic heterocycles. The first-order valence-electron chi connectivity index (χ1n) is 6.03. The Balaban J connectivity index is 1.81. The van der Waals surface area contributed by atoms with Gasteiger partial charge >= 0.3 is 0 Å². The van der Waals surface area contributed by atoms with Gasteiger partial charge in [-0.25, -0.2) is 8.78 Å². The van der Waals surface area contributed by atoms with Gasteiger partial charge in [0.1, 0.15) is 5.69 Å². The molecule has 0 saturated heterocycles. The first-order valence-corrected chi connectivity index (χ1v) is 6.03. The SMILES string of the molecule is O=C1c2cccn2CCN1Cc1ccc(F)c(F)c1. The first kappa shape index (κ1) is 11.9. The van der Waals surface area contributed by atoms with Crippen LogP contribution in [-0.2, 0) is 13.1 Å². The molecule has 19 heavy (non-hydrogen) atoms. The Labute approximate surface area is 109 Å². The third-order valence-corrected chi connectivity index (χ3v) is 3.30. The van der Waals surface area contributed by atoms with Crippen molar-refractivity contribution in [1.82, 2.24) is 9.47 Å². The molecule has 98 valence electrons. The van der Waals surface area contributed by atoms with E-state index in [4.69, 9.17) is 0 Å². The van der Waals surface area contributed by atoms with Crippen LogP contribution in [0.3, 0.4) is 0 Å². The lowest BCUT2D eigenvalue weighted by molar-refractivity contribution is 0.0691. The average molecular weight is 262 g/mol. The van der Waals surface area contributed by atoms with Gasteiger partial charge in [0.05, 0.1) is 0 Å². The highest BCUT2D eigenvalue weighted by molar-refractivity contribution is 5.93. The molecule has 2 heterocycles. The molecule has 1 aliphatic heterocycles. The first-order chi connectivity index (χ1) is 9.15. The van der Waals surface area contributed by atoms with Gasteiger partial charge in [0.15, 0.2) is 11.6 Å². The fraction of sp³-hybridized carbons (Fsp3) is 0.214. The molecule has 0 atom stereocenters. The number of aromatic nitrogens is 1. The molecule has 5 heteroatoms. The normalized spacial score (nSPS) is 14.6. The minimum absolute atomic E-state index is 0.0824. The maximum absolute atomic E-state index is 13.1. The minimum Gasteiger partial charge on any atom is -0.342 e. The second-order valence-corrected chi connectivity index (χ2v) is 4.56. The highest BCUT2D eigenvalue weighted by atomic mass is 19.2. The number of halogens is 2. The second-order valence-electron chi connectivity index (χ2n) is 4.56. The van der Waals surface area contributed by atoms with Crippen molar-refractivity contribution >= 4 is 5.91 Å². The van der Waals surface area contributed by atoms with Crippen LogP contribution in [0.2, 0.25) is 0 Å². The van der Waals surface area contributed by atoms with E-state index in [1.165, 1.54) is 6.07 Å². The second kappa shape index (κ2) is 4.50. The van der Waals surface area contributed by atoms with Crippen LogP contribution in [0.4, 0.5) is 8.78 Å². The topological polar surface area (TPSA) is 25.2 Å². The largest absolute Gasteiger partial charge is 0.342 e. The van der Waals surface area contributed by atoms with Crippen molar-refractivity contribution in [2.45, 2.75) is 13.1 Å². The molecule has 3 rings (SSSR count). The molecule has 0 aliphatic carbocycles. The Kier molecular flexibility index (Phi) is 2.81. The Morgan fingerprint density at radius 1 is 1.11 bits per heavy atom. The van der Waals surface area contributed by atoms with Crippen molar-refractivity contribution in [2.24, 2.45) is 0 Å². The summed E-state index contributed by atoms with van der Waals surface area (Å²) in [4.78, 5) is 13.8. The van der Waals surface area contributed by atoms with Crippen LogP contribution >= 0.6 is 0 Å². The predicted octanol–water partition coefficient (Wildman–Crippen LogP) is 2.42. The fourth-order valence-electron chi connectivity index (χ4n) is 2.30. The van der Waals surface area contributed by atoms with Crippen molar-refractivity contribution < 1.29 is 13.6 Å². The van der Waals surface area contributed by atoms with Gasteiger partial charge in [0, 0.05) is 25.8 Å². The van der Waals surface area contributed by atoms with Gasteiger partial charge in [-0.3, -0.25) is 4.79 Å². The zero-order valence-electron chi connectivity index (χ0n) is 10.1. The molecular weight excluding hydrogens is 250 g/mol. The van der Waals surface area contributed by atoms with Gasteiger partial charge < -0.3 is 9.47 Å². The third-order valence-electron chi connectivity index (χ3n) is 3.30. The summed E-state index contributed by atoms with van der Waals surface area (Å²) in [6.07, 6.45) is 1.86. The number of amides is 1. The van der Waals surface area contributed by atoms with Crippen LogP contribution in [0.25, 0.3) is 0 Å². The average Bonchev–Trinajstić information content (AvgIpc) is 2.86. The summed E-state index contributed by atoms with van der Waals surface area (Å²) >= 11 is 0. The van der Waals surface area contributed by atoms with E-state index in [-0.39, 0.29) is 5.91 Å². The number of carbonyl (C=O) groups excluding carboxylic acids is 1. The summed E-state index contributed by atoms with van der Waals surface area (Å²) < 4.78 is 27.9. The van der Waals surface area contributed by atoms with Crippen molar-refractivity contribution in [1.29, 1.82) is 0 Å². The molecule has 0 N–H and O–H groups in total. The lowest BCUT2D eigenvalue weighted by Gasteiger charge is -2.28.